The Labute approximate surface area is 216 Å². The van der Waals surface area contributed by atoms with Crippen LogP contribution in [0.15, 0.2) is 50.2 Å². The van der Waals surface area contributed by atoms with E-state index in [0.29, 0.717) is 32.5 Å². The lowest BCUT2D eigenvalue weighted by atomic mass is 10.0. The molecule has 1 aliphatic rings. The minimum Gasteiger partial charge on any atom is -0.493 e. The molecule has 1 N–H and O–H groups in total. The van der Waals surface area contributed by atoms with Crippen molar-refractivity contribution in [1.82, 2.24) is 10.2 Å². The molecule has 0 amide bonds. The van der Waals surface area contributed by atoms with Crippen molar-refractivity contribution >= 4 is 71.9 Å². The van der Waals surface area contributed by atoms with Crippen molar-refractivity contribution in [2.75, 3.05) is 7.11 Å². The molecule has 4 rings (SSSR count). The van der Waals surface area contributed by atoms with Crippen LogP contribution in [-0.4, -0.2) is 28.1 Å². The first-order valence-corrected chi connectivity index (χ1v) is 13.2. The fraction of sp³-hybridized carbons (Fsp3) is 0.217. The summed E-state index contributed by atoms with van der Waals surface area (Å²) in [7, 11) is 1.58. The Kier molecular flexibility index (Phi) is 7.68. The van der Waals surface area contributed by atoms with Crippen LogP contribution in [-0.2, 0) is 17.8 Å². The van der Waals surface area contributed by atoms with Gasteiger partial charge in [0.1, 0.15) is 22.5 Å². The second-order valence-electron chi connectivity index (χ2n) is 7.11. The summed E-state index contributed by atoms with van der Waals surface area (Å²) in [4.78, 5) is 13.5. The summed E-state index contributed by atoms with van der Waals surface area (Å²) >= 11 is 9.55. The van der Waals surface area contributed by atoms with Gasteiger partial charge in [-0.05, 0) is 63.8 Å². The normalized spacial score (nSPS) is 17.1. The van der Waals surface area contributed by atoms with E-state index >= 15 is 0 Å². The van der Waals surface area contributed by atoms with Crippen LogP contribution in [0.5, 0.6) is 11.5 Å². The number of hydrogen-bond acceptors (Lipinski definition) is 8. The number of thioether (sulfide) groups is 1. The zero-order valence-corrected chi connectivity index (χ0v) is 22.5. The molecule has 10 heteroatoms. The number of carbonyl (C=O) groups excluding carboxylic acids is 1. The first kappa shape index (κ1) is 24.1. The molecular weight excluding hydrogens is 590 g/mol. The molecule has 0 radical (unpaired) electrons. The highest BCUT2D eigenvalue weighted by molar-refractivity contribution is 9.10. The largest absolute Gasteiger partial charge is 0.493 e. The first-order chi connectivity index (χ1) is 15.9. The van der Waals surface area contributed by atoms with Crippen molar-refractivity contribution < 1.29 is 14.3 Å². The van der Waals surface area contributed by atoms with Gasteiger partial charge in [0, 0.05) is 4.47 Å². The number of nitrogens with zero attached hydrogens (tertiary/aromatic N) is 2. The number of halogens is 2. The van der Waals surface area contributed by atoms with Gasteiger partial charge in [0.05, 0.1) is 21.5 Å². The molecule has 33 heavy (non-hydrogen) atoms. The van der Waals surface area contributed by atoms with Gasteiger partial charge in [0.15, 0.2) is 17.3 Å². The summed E-state index contributed by atoms with van der Waals surface area (Å²) in [6, 6.07) is 11.6. The van der Waals surface area contributed by atoms with Crippen molar-refractivity contribution in [3.05, 3.63) is 71.4 Å². The number of aromatic nitrogens is 2. The van der Waals surface area contributed by atoms with Crippen LogP contribution in [0.25, 0.3) is 6.08 Å². The summed E-state index contributed by atoms with van der Waals surface area (Å²) in [5, 5.41) is 18.3. The Balaban J connectivity index is 1.56. The molecular formula is C23H19Br2N3O3S2. The Morgan fingerprint density at radius 3 is 2.61 bits per heavy atom. The SMILES string of the molecule is CCc1nnc([C@@H]2C(=N)S/C(=C\c3cc(Br)c(OCc4ccc(Br)cc4)c(OC)c3)C2=O)s1. The number of nitrogens with one attached hydrogen (secondary N) is 1. The van der Waals surface area contributed by atoms with E-state index in [4.69, 9.17) is 14.9 Å². The third-order valence-electron chi connectivity index (χ3n) is 4.86. The number of methoxy groups -OCH3 is 1. The summed E-state index contributed by atoms with van der Waals surface area (Å²) in [6.45, 7) is 2.38. The van der Waals surface area contributed by atoms with Crippen molar-refractivity contribution in [1.29, 1.82) is 5.41 Å². The summed E-state index contributed by atoms with van der Waals surface area (Å²) in [5.74, 6) is 0.332. The number of ketones is 1. The molecule has 1 fully saturated rings. The lowest BCUT2D eigenvalue weighted by molar-refractivity contribution is -0.114. The van der Waals surface area contributed by atoms with Gasteiger partial charge in [-0.2, -0.15) is 0 Å². The maximum atomic E-state index is 13.0. The molecule has 0 unspecified atom stereocenters. The van der Waals surface area contributed by atoms with E-state index in [2.05, 4.69) is 42.1 Å². The third-order valence-corrected chi connectivity index (χ3v) is 8.11. The highest BCUT2D eigenvalue weighted by atomic mass is 79.9. The zero-order valence-electron chi connectivity index (χ0n) is 17.7. The van der Waals surface area contributed by atoms with Crippen LogP contribution < -0.4 is 9.47 Å². The molecule has 0 bridgehead atoms. The van der Waals surface area contributed by atoms with E-state index in [-0.39, 0.29) is 10.8 Å². The third kappa shape index (κ3) is 5.40. The quantitative estimate of drug-likeness (QED) is 0.303. The molecule has 3 aromatic rings. The zero-order chi connectivity index (χ0) is 23.5. The number of rotatable bonds is 7. The predicted octanol–water partition coefficient (Wildman–Crippen LogP) is 6.63. The highest BCUT2D eigenvalue weighted by Crippen LogP contribution is 2.43. The molecule has 1 aliphatic heterocycles. The summed E-state index contributed by atoms with van der Waals surface area (Å²) in [6.07, 6.45) is 2.53. The number of hydrogen-bond donors (Lipinski definition) is 1. The number of benzene rings is 2. The van der Waals surface area contributed by atoms with Gasteiger partial charge in [-0.1, -0.05) is 46.7 Å². The van der Waals surface area contributed by atoms with Crippen LogP contribution in [0.3, 0.4) is 0 Å². The van der Waals surface area contributed by atoms with E-state index in [1.807, 2.05) is 43.3 Å². The average molecular weight is 609 g/mol. The number of aryl methyl sites for hydroxylation is 1. The lowest BCUT2D eigenvalue weighted by Crippen LogP contribution is -2.11. The molecule has 0 aliphatic carbocycles. The molecule has 170 valence electrons. The monoisotopic (exact) mass is 607 g/mol. The maximum absolute atomic E-state index is 13.0. The topological polar surface area (TPSA) is 85.2 Å². The second-order valence-corrected chi connectivity index (χ2v) is 11.1. The Morgan fingerprint density at radius 2 is 1.94 bits per heavy atom. The Hall–Kier alpha value is -2.01. The van der Waals surface area contributed by atoms with Gasteiger partial charge in [0.2, 0.25) is 0 Å². The highest BCUT2D eigenvalue weighted by Gasteiger charge is 2.39. The molecule has 6 nitrogen and oxygen atoms in total. The molecule has 0 saturated carbocycles. The first-order valence-electron chi connectivity index (χ1n) is 9.98. The van der Waals surface area contributed by atoms with E-state index in [1.54, 1.807) is 13.2 Å². The van der Waals surface area contributed by atoms with Crippen molar-refractivity contribution in [3.63, 3.8) is 0 Å². The van der Waals surface area contributed by atoms with Gasteiger partial charge in [-0.15, -0.1) is 21.5 Å². The molecule has 2 heterocycles. The molecule has 1 saturated heterocycles. The van der Waals surface area contributed by atoms with Gasteiger partial charge < -0.3 is 9.47 Å². The van der Waals surface area contributed by atoms with E-state index in [1.165, 1.54) is 11.3 Å². The minimum absolute atomic E-state index is 0.130. The Bertz CT molecular complexity index is 1240. The van der Waals surface area contributed by atoms with Gasteiger partial charge in [-0.3, -0.25) is 10.2 Å². The van der Waals surface area contributed by atoms with E-state index < -0.39 is 5.92 Å². The van der Waals surface area contributed by atoms with Gasteiger partial charge in [-0.25, -0.2) is 0 Å². The predicted molar refractivity (Wildman–Crippen MR) is 139 cm³/mol. The summed E-state index contributed by atoms with van der Waals surface area (Å²) < 4.78 is 13.3. The van der Waals surface area contributed by atoms with Crippen LogP contribution >= 0.6 is 55.0 Å². The molecule has 1 aromatic heterocycles. The fourth-order valence-electron chi connectivity index (χ4n) is 3.19. The molecule has 2 aromatic carbocycles. The molecule has 0 spiro atoms. The van der Waals surface area contributed by atoms with Crippen LogP contribution in [0.2, 0.25) is 0 Å². The van der Waals surface area contributed by atoms with Crippen LogP contribution in [0.4, 0.5) is 0 Å². The Morgan fingerprint density at radius 1 is 1.18 bits per heavy atom. The van der Waals surface area contributed by atoms with Crippen molar-refractivity contribution in [2.24, 2.45) is 0 Å². The van der Waals surface area contributed by atoms with E-state index in [0.717, 1.165) is 38.8 Å². The van der Waals surface area contributed by atoms with Crippen LogP contribution in [0, 0.1) is 5.41 Å². The van der Waals surface area contributed by atoms with E-state index in [9.17, 15) is 4.79 Å². The lowest BCUT2D eigenvalue weighted by Gasteiger charge is -2.14. The fourth-order valence-corrected chi connectivity index (χ4v) is 5.98. The minimum atomic E-state index is -0.669. The van der Waals surface area contributed by atoms with Crippen LogP contribution in [0.1, 0.15) is 34.0 Å². The number of ether oxygens (including phenoxy) is 2. The standard InChI is InChI=1S/C23H19Br2N3O3S2/c1-3-18-27-28-23(33-18)19-20(29)17(32-22(19)26)10-13-8-15(25)21(16(9-13)30-2)31-11-12-4-6-14(24)7-5-12/h4-10,19,26H,3,11H2,1-2H3/b17-10-,26-22?/t19-/m0/s1. The summed E-state index contributed by atoms with van der Waals surface area (Å²) in [5.41, 5.74) is 1.80. The van der Waals surface area contributed by atoms with Crippen molar-refractivity contribution in [2.45, 2.75) is 25.9 Å². The number of Topliss-reactive ketones (excluding diaryl/α,β-unsaturated/α-hetero) is 1. The average Bonchev–Trinajstić information content (AvgIpc) is 3.37. The number of allylic oxidation sites excluding steroid dienone is 1. The second kappa shape index (κ2) is 10.5. The maximum Gasteiger partial charge on any atom is 0.186 e. The van der Waals surface area contributed by atoms with Gasteiger partial charge >= 0.3 is 0 Å². The number of carbonyl (C=O) groups is 1. The van der Waals surface area contributed by atoms with Gasteiger partial charge in [0.25, 0.3) is 0 Å². The van der Waals surface area contributed by atoms with Crippen molar-refractivity contribution in [3.8, 4) is 11.5 Å². The smallest absolute Gasteiger partial charge is 0.186 e. The molecule has 1 atom stereocenters.